The fourth-order valence-electron chi connectivity index (χ4n) is 0.627. The quantitative estimate of drug-likeness (QED) is 0.578. The second-order valence-corrected chi connectivity index (χ2v) is 4.36. The van der Waals surface area contributed by atoms with E-state index in [0.29, 0.717) is 0 Å². The zero-order valence-corrected chi connectivity index (χ0v) is 9.88. The van der Waals surface area contributed by atoms with E-state index in [-0.39, 0.29) is 11.9 Å². The van der Waals surface area contributed by atoms with E-state index in [4.69, 9.17) is 4.43 Å². The van der Waals surface area contributed by atoms with Crippen molar-refractivity contribution in [3.05, 3.63) is 0 Å². The summed E-state index contributed by atoms with van der Waals surface area (Å²) in [5, 5.41) is 0. The van der Waals surface area contributed by atoms with Gasteiger partial charge in [-0.1, -0.05) is 20.8 Å². The Bertz CT molecular complexity index is 139. The summed E-state index contributed by atoms with van der Waals surface area (Å²) >= 11 is 0. The first-order valence-electron chi connectivity index (χ1n) is 4.43. The van der Waals surface area contributed by atoms with Crippen LogP contribution < -0.4 is 0 Å². The van der Waals surface area contributed by atoms with Gasteiger partial charge in [-0.2, -0.15) is 0 Å². The molecule has 72 valence electrons. The van der Waals surface area contributed by atoms with E-state index in [9.17, 15) is 4.79 Å². The Labute approximate surface area is 77.0 Å². The first-order valence-corrected chi connectivity index (χ1v) is 6.00. The molecule has 0 amide bonds. The van der Waals surface area contributed by atoms with Crippen LogP contribution in [0.1, 0.15) is 20.8 Å². The van der Waals surface area contributed by atoms with Crippen LogP contribution in [-0.4, -0.2) is 40.4 Å². The molecule has 0 saturated heterocycles. The second kappa shape index (κ2) is 6.19. The summed E-state index contributed by atoms with van der Waals surface area (Å²) in [5.74, 6) is -0.0318. The minimum Gasteiger partial charge on any atom is -0.523 e. The zero-order valence-electron chi connectivity index (χ0n) is 8.46. The Morgan fingerprint density at radius 2 is 2.17 bits per heavy atom. The lowest BCUT2D eigenvalue weighted by Crippen LogP contribution is -2.27. The van der Waals surface area contributed by atoms with Crippen molar-refractivity contribution in [2.24, 2.45) is 5.92 Å². The molecule has 0 saturated carbocycles. The highest BCUT2D eigenvalue weighted by atomic mass is 28.2. The molecule has 4 heteroatoms. The maximum Gasteiger partial charge on any atom is 0.294 e. The Balaban J connectivity index is 3.37. The highest BCUT2D eigenvalue weighted by Crippen LogP contribution is 1.94. The lowest BCUT2D eigenvalue weighted by Gasteiger charge is -2.13. The van der Waals surface area contributed by atoms with Gasteiger partial charge in [-0.05, 0) is 13.6 Å². The Morgan fingerprint density at radius 3 is 2.58 bits per heavy atom. The van der Waals surface area contributed by atoms with E-state index >= 15 is 0 Å². The smallest absolute Gasteiger partial charge is 0.294 e. The number of hydrogen-bond acceptors (Lipinski definition) is 3. The number of nitrogens with zero attached hydrogens (tertiary/aromatic N) is 1. The molecule has 0 rings (SSSR count). The fourth-order valence-corrected chi connectivity index (χ4v) is 1.88. The van der Waals surface area contributed by atoms with Gasteiger partial charge in [-0.15, -0.1) is 0 Å². The van der Waals surface area contributed by atoms with Gasteiger partial charge in [0.05, 0.1) is 0 Å². The van der Waals surface area contributed by atoms with Crippen LogP contribution in [0.25, 0.3) is 0 Å². The minimum absolute atomic E-state index is 0.0180. The van der Waals surface area contributed by atoms with E-state index in [1.807, 2.05) is 20.9 Å². The number of hydrogen-bond donors (Lipinski definition) is 0. The maximum absolute atomic E-state index is 11.0. The van der Waals surface area contributed by atoms with E-state index in [2.05, 4.69) is 11.8 Å². The lowest BCUT2D eigenvalue weighted by atomic mass is 10.2. The monoisotopic (exact) mass is 189 g/mol. The molecule has 0 N–H and O–H groups in total. The van der Waals surface area contributed by atoms with Gasteiger partial charge in [0, 0.05) is 12.1 Å². The van der Waals surface area contributed by atoms with Crippen LogP contribution in [0.2, 0.25) is 0 Å². The highest BCUT2D eigenvalue weighted by Gasteiger charge is 2.07. The van der Waals surface area contributed by atoms with E-state index < -0.39 is 9.76 Å². The summed E-state index contributed by atoms with van der Waals surface area (Å²) in [7, 11) is 1.38. The van der Waals surface area contributed by atoms with Crippen molar-refractivity contribution in [1.82, 2.24) is 4.90 Å². The molecule has 0 fully saturated rings. The SMILES string of the molecule is CCN(C)C[SiH2]OC(=O)C(C)C. The molecule has 0 radical (unpaired) electrons. The number of carbonyl (C=O) groups excluding carboxylic acids is 1. The Morgan fingerprint density at radius 1 is 1.58 bits per heavy atom. The molecule has 0 heterocycles. The topological polar surface area (TPSA) is 29.5 Å². The molecule has 0 unspecified atom stereocenters. The molecule has 0 aromatic carbocycles. The average molecular weight is 189 g/mol. The van der Waals surface area contributed by atoms with Gasteiger partial charge in [0.1, 0.15) is 0 Å². The molecule has 3 nitrogen and oxygen atoms in total. The van der Waals surface area contributed by atoms with E-state index in [0.717, 1.165) is 12.7 Å². The standard InChI is InChI=1S/C8H19NO2Si/c1-5-9(4)6-12-11-8(10)7(2)3/h7H,5-6,12H2,1-4H3. The molecule has 0 aliphatic carbocycles. The van der Waals surface area contributed by atoms with Crippen molar-refractivity contribution in [2.45, 2.75) is 20.8 Å². The molecule has 0 aliphatic rings. The predicted octanol–water partition coefficient (Wildman–Crippen LogP) is 0.179. The molecular weight excluding hydrogens is 170 g/mol. The summed E-state index contributed by atoms with van der Waals surface area (Å²) in [6, 6.07) is 0. The van der Waals surface area contributed by atoms with Gasteiger partial charge in [-0.3, -0.25) is 4.79 Å². The molecular formula is C8H19NO2Si. The molecule has 0 aromatic heterocycles. The van der Waals surface area contributed by atoms with Gasteiger partial charge in [0.15, 0.2) is 0 Å². The van der Waals surface area contributed by atoms with Gasteiger partial charge in [-0.25, -0.2) is 0 Å². The van der Waals surface area contributed by atoms with Crippen LogP contribution in [-0.2, 0) is 9.22 Å². The highest BCUT2D eigenvalue weighted by molar-refractivity contribution is 6.30. The van der Waals surface area contributed by atoms with Crippen molar-refractivity contribution >= 4 is 15.7 Å². The largest absolute Gasteiger partial charge is 0.523 e. The van der Waals surface area contributed by atoms with Gasteiger partial charge < -0.3 is 9.33 Å². The zero-order chi connectivity index (χ0) is 9.56. The third kappa shape index (κ3) is 5.32. The summed E-state index contributed by atoms with van der Waals surface area (Å²) < 4.78 is 5.13. The second-order valence-electron chi connectivity index (χ2n) is 3.22. The van der Waals surface area contributed by atoms with Crippen LogP contribution >= 0.6 is 0 Å². The Hall–Kier alpha value is -0.353. The lowest BCUT2D eigenvalue weighted by molar-refractivity contribution is -0.137. The summed E-state index contributed by atoms with van der Waals surface area (Å²) in [6.07, 6.45) is 0.953. The van der Waals surface area contributed by atoms with E-state index in [1.54, 1.807) is 0 Å². The average Bonchev–Trinajstić information content (AvgIpc) is 2.03. The first-order chi connectivity index (χ1) is 5.57. The minimum atomic E-state index is -0.661. The maximum atomic E-state index is 11.0. The van der Waals surface area contributed by atoms with Crippen molar-refractivity contribution < 1.29 is 9.22 Å². The Kier molecular flexibility index (Phi) is 6.01. The molecule has 12 heavy (non-hydrogen) atoms. The van der Waals surface area contributed by atoms with Crippen molar-refractivity contribution in [3.8, 4) is 0 Å². The normalized spacial score (nSPS) is 11.8. The summed E-state index contributed by atoms with van der Waals surface area (Å²) in [4.78, 5) is 13.2. The van der Waals surface area contributed by atoms with Gasteiger partial charge >= 0.3 is 0 Å². The first kappa shape index (κ1) is 11.6. The number of carbonyl (C=O) groups is 1. The molecule has 0 aromatic rings. The van der Waals surface area contributed by atoms with Crippen LogP contribution in [0.3, 0.4) is 0 Å². The van der Waals surface area contributed by atoms with Crippen molar-refractivity contribution in [2.75, 3.05) is 19.8 Å². The molecule has 0 atom stereocenters. The summed E-state index contributed by atoms with van der Waals surface area (Å²) in [6.45, 7) is 6.84. The van der Waals surface area contributed by atoms with Crippen LogP contribution in [0.15, 0.2) is 0 Å². The molecule has 0 spiro atoms. The van der Waals surface area contributed by atoms with Crippen molar-refractivity contribution in [1.29, 1.82) is 0 Å². The van der Waals surface area contributed by atoms with Crippen LogP contribution in [0, 0.1) is 5.92 Å². The molecule has 0 aliphatic heterocycles. The summed E-state index contributed by atoms with van der Waals surface area (Å²) in [5.41, 5.74) is 0. The third-order valence-corrected chi connectivity index (χ3v) is 3.16. The van der Waals surface area contributed by atoms with Gasteiger partial charge in [0.2, 0.25) is 9.76 Å². The van der Waals surface area contributed by atoms with Gasteiger partial charge in [0.25, 0.3) is 5.97 Å². The van der Waals surface area contributed by atoms with Crippen LogP contribution in [0.4, 0.5) is 0 Å². The van der Waals surface area contributed by atoms with Crippen LogP contribution in [0.5, 0.6) is 0 Å². The number of rotatable bonds is 5. The van der Waals surface area contributed by atoms with E-state index in [1.165, 1.54) is 0 Å². The third-order valence-electron chi connectivity index (χ3n) is 1.73. The van der Waals surface area contributed by atoms with Crippen molar-refractivity contribution in [3.63, 3.8) is 0 Å². The fraction of sp³-hybridized carbons (Fsp3) is 0.875. The predicted molar refractivity (Wildman–Crippen MR) is 52.6 cm³/mol. The molecule has 0 bridgehead atoms.